The molecule has 1 saturated carbocycles. The molecule has 0 atom stereocenters. The number of hydrogen-bond acceptors (Lipinski definition) is 3. The van der Waals surface area contributed by atoms with E-state index in [-0.39, 0.29) is 18.6 Å². The van der Waals surface area contributed by atoms with Gasteiger partial charge >= 0.3 is 12.0 Å². The normalized spacial score (nSPS) is 22.2. The predicted octanol–water partition coefficient (Wildman–Crippen LogP) is 2.78. The van der Waals surface area contributed by atoms with E-state index < -0.39 is 5.97 Å². The molecule has 6 heteroatoms. The second-order valence-electron chi connectivity index (χ2n) is 8.47. The summed E-state index contributed by atoms with van der Waals surface area (Å²) < 4.78 is 0. The van der Waals surface area contributed by atoms with Gasteiger partial charge in [-0.15, -0.1) is 0 Å². The van der Waals surface area contributed by atoms with Crippen molar-refractivity contribution < 1.29 is 14.7 Å². The van der Waals surface area contributed by atoms with Gasteiger partial charge in [-0.2, -0.15) is 0 Å². The second kappa shape index (κ2) is 8.88. The van der Waals surface area contributed by atoms with Gasteiger partial charge in [0.2, 0.25) is 0 Å². The van der Waals surface area contributed by atoms with Gasteiger partial charge in [0.1, 0.15) is 0 Å². The summed E-state index contributed by atoms with van der Waals surface area (Å²) in [4.78, 5) is 27.2. The molecule has 0 aromatic carbocycles. The fourth-order valence-corrected chi connectivity index (χ4v) is 4.11. The number of nitrogens with one attached hydrogen (secondary N) is 1. The number of carbonyl (C=O) groups is 2. The summed E-state index contributed by atoms with van der Waals surface area (Å²) in [6.45, 7) is 9.69. The maximum atomic E-state index is 12.4. The minimum atomic E-state index is -0.780. The van der Waals surface area contributed by atoms with E-state index in [4.69, 9.17) is 5.11 Å². The number of hydrogen-bond donors (Lipinski definition) is 2. The number of urea groups is 1. The maximum absolute atomic E-state index is 12.4. The van der Waals surface area contributed by atoms with Gasteiger partial charge in [0.25, 0.3) is 0 Å². The van der Waals surface area contributed by atoms with Crippen molar-refractivity contribution in [1.29, 1.82) is 0 Å². The standard InChI is InChI=1S/C19H35N3O3/c1-4-21(14-17(23)24)16-7-11-22(12-8-16)18(25)20-13-15-5-9-19(2,3)10-6-15/h15-16H,4-14H2,1-3H3,(H,20,25)(H,23,24). The van der Waals surface area contributed by atoms with Crippen LogP contribution in [0.15, 0.2) is 0 Å². The van der Waals surface area contributed by atoms with E-state index in [0.717, 1.165) is 25.9 Å². The van der Waals surface area contributed by atoms with E-state index in [2.05, 4.69) is 19.2 Å². The Kier molecular flexibility index (Phi) is 7.11. The minimum absolute atomic E-state index is 0.0459. The first-order chi connectivity index (χ1) is 11.8. The molecule has 2 fully saturated rings. The van der Waals surface area contributed by atoms with Crippen LogP contribution in [0, 0.1) is 11.3 Å². The highest BCUT2D eigenvalue weighted by Crippen LogP contribution is 2.37. The monoisotopic (exact) mass is 353 g/mol. The van der Waals surface area contributed by atoms with E-state index in [9.17, 15) is 9.59 Å². The lowest BCUT2D eigenvalue weighted by molar-refractivity contribution is -0.139. The van der Waals surface area contributed by atoms with E-state index >= 15 is 0 Å². The number of carbonyl (C=O) groups excluding carboxylic acids is 1. The quantitative estimate of drug-likeness (QED) is 0.770. The number of nitrogens with zero attached hydrogens (tertiary/aromatic N) is 2. The third kappa shape index (κ3) is 6.17. The van der Waals surface area contributed by atoms with E-state index in [0.29, 0.717) is 24.4 Å². The summed E-state index contributed by atoms with van der Waals surface area (Å²) in [5.41, 5.74) is 0.462. The summed E-state index contributed by atoms with van der Waals surface area (Å²) in [6, 6.07) is 0.315. The predicted molar refractivity (Wildman–Crippen MR) is 98.6 cm³/mol. The van der Waals surface area contributed by atoms with Crippen LogP contribution in [0.2, 0.25) is 0 Å². The molecule has 0 bridgehead atoms. The molecule has 1 heterocycles. The van der Waals surface area contributed by atoms with E-state index in [1.54, 1.807) is 0 Å². The van der Waals surface area contributed by atoms with Crippen LogP contribution in [-0.2, 0) is 4.79 Å². The van der Waals surface area contributed by atoms with Gasteiger partial charge in [0, 0.05) is 25.7 Å². The van der Waals surface area contributed by atoms with E-state index in [1.165, 1.54) is 25.7 Å². The van der Waals surface area contributed by atoms with Crippen LogP contribution >= 0.6 is 0 Å². The molecule has 144 valence electrons. The molecular formula is C19H35N3O3. The van der Waals surface area contributed by atoms with E-state index in [1.807, 2.05) is 16.7 Å². The van der Waals surface area contributed by atoms with Gasteiger partial charge in [0.05, 0.1) is 6.54 Å². The zero-order chi connectivity index (χ0) is 18.4. The van der Waals surface area contributed by atoms with Crippen molar-refractivity contribution in [1.82, 2.24) is 15.1 Å². The average Bonchev–Trinajstić information content (AvgIpc) is 2.58. The van der Waals surface area contributed by atoms with Crippen LogP contribution in [0.3, 0.4) is 0 Å². The number of piperidine rings is 1. The molecule has 25 heavy (non-hydrogen) atoms. The third-order valence-corrected chi connectivity index (χ3v) is 6.01. The molecule has 0 spiro atoms. The summed E-state index contributed by atoms with van der Waals surface area (Å²) in [7, 11) is 0. The second-order valence-corrected chi connectivity index (χ2v) is 8.47. The fourth-order valence-electron chi connectivity index (χ4n) is 4.11. The molecule has 2 N–H and O–H groups in total. The topological polar surface area (TPSA) is 72.9 Å². The van der Waals surface area contributed by atoms with Crippen LogP contribution in [0.25, 0.3) is 0 Å². The van der Waals surface area contributed by atoms with Crippen molar-refractivity contribution in [2.45, 2.75) is 65.3 Å². The first-order valence-corrected chi connectivity index (χ1v) is 9.79. The number of carboxylic acid groups (broad SMARTS) is 1. The Morgan fingerprint density at radius 3 is 2.28 bits per heavy atom. The molecule has 0 radical (unpaired) electrons. The van der Waals surface area contributed by atoms with Crippen molar-refractivity contribution >= 4 is 12.0 Å². The number of carboxylic acids is 1. The number of amides is 2. The Morgan fingerprint density at radius 2 is 1.76 bits per heavy atom. The molecular weight excluding hydrogens is 318 g/mol. The van der Waals surface area contributed by atoms with Crippen molar-refractivity contribution in [3.63, 3.8) is 0 Å². The van der Waals surface area contributed by atoms with Gasteiger partial charge < -0.3 is 15.3 Å². The Morgan fingerprint density at radius 1 is 1.16 bits per heavy atom. The molecule has 2 amide bonds. The van der Waals surface area contributed by atoms with Crippen LogP contribution < -0.4 is 5.32 Å². The Hall–Kier alpha value is -1.30. The molecule has 1 aliphatic carbocycles. The highest BCUT2D eigenvalue weighted by Gasteiger charge is 2.29. The highest BCUT2D eigenvalue weighted by atomic mass is 16.4. The first kappa shape index (κ1) is 20.0. The van der Waals surface area contributed by atoms with Crippen molar-refractivity contribution in [2.24, 2.45) is 11.3 Å². The number of aliphatic carboxylic acids is 1. The van der Waals surface area contributed by atoms with Crippen LogP contribution in [0.1, 0.15) is 59.3 Å². The number of rotatable bonds is 6. The lowest BCUT2D eigenvalue weighted by atomic mass is 9.73. The maximum Gasteiger partial charge on any atom is 0.317 e. The zero-order valence-electron chi connectivity index (χ0n) is 16.1. The molecule has 2 aliphatic rings. The molecule has 2 rings (SSSR count). The summed E-state index contributed by atoms with van der Waals surface area (Å²) in [5.74, 6) is -0.168. The number of likely N-dealkylation sites (N-methyl/N-ethyl adjacent to an activating group) is 1. The van der Waals surface area contributed by atoms with Gasteiger partial charge in [-0.25, -0.2) is 4.79 Å². The SMILES string of the molecule is CCN(CC(=O)O)C1CCN(C(=O)NCC2CCC(C)(C)CC2)CC1. The van der Waals surface area contributed by atoms with Crippen molar-refractivity contribution in [2.75, 3.05) is 32.7 Å². The summed E-state index contributed by atoms with van der Waals surface area (Å²) >= 11 is 0. The molecule has 0 aromatic heterocycles. The molecule has 1 aliphatic heterocycles. The molecule has 0 unspecified atom stereocenters. The Labute approximate surface area is 151 Å². The fraction of sp³-hybridized carbons (Fsp3) is 0.895. The van der Waals surface area contributed by atoms with Gasteiger partial charge in [-0.1, -0.05) is 20.8 Å². The van der Waals surface area contributed by atoms with Crippen molar-refractivity contribution in [3.8, 4) is 0 Å². The highest BCUT2D eigenvalue weighted by molar-refractivity contribution is 5.74. The van der Waals surface area contributed by atoms with Gasteiger partial charge in [0.15, 0.2) is 0 Å². The smallest absolute Gasteiger partial charge is 0.317 e. The summed E-state index contributed by atoms with van der Waals surface area (Å²) in [6.07, 6.45) is 6.61. The average molecular weight is 354 g/mol. The lowest BCUT2D eigenvalue weighted by Crippen LogP contribution is -2.51. The van der Waals surface area contributed by atoms with Crippen LogP contribution in [0.4, 0.5) is 4.79 Å². The van der Waals surface area contributed by atoms with Crippen LogP contribution in [0.5, 0.6) is 0 Å². The lowest BCUT2D eigenvalue weighted by Gasteiger charge is -2.38. The first-order valence-electron chi connectivity index (χ1n) is 9.79. The number of likely N-dealkylation sites (tertiary alicyclic amines) is 1. The van der Waals surface area contributed by atoms with Crippen LogP contribution in [-0.4, -0.2) is 65.7 Å². The Bertz CT molecular complexity index is 449. The third-order valence-electron chi connectivity index (χ3n) is 6.01. The zero-order valence-corrected chi connectivity index (χ0v) is 16.1. The minimum Gasteiger partial charge on any atom is -0.480 e. The molecule has 0 aromatic rings. The Balaban J connectivity index is 1.69. The molecule has 6 nitrogen and oxygen atoms in total. The van der Waals surface area contributed by atoms with Gasteiger partial charge in [-0.05, 0) is 56.4 Å². The largest absolute Gasteiger partial charge is 0.480 e. The summed E-state index contributed by atoms with van der Waals surface area (Å²) in [5, 5.41) is 12.1. The van der Waals surface area contributed by atoms with Crippen molar-refractivity contribution in [3.05, 3.63) is 0 Å². The molecule has 1 saturated heterocycles. The van der Waals surface area contributed by atoms with Gasteiger partial charge in [-0.3, -0.25) is 9.69 Å².